The molecule has 1 heterocycles. The van der Waals surface area contributed by atoms with Gasteiger partial charge in [-0.15, -0.1) is 0 Å². The smallest absolute Gasteiger partial charge is 0.188 e. The third kappa shape index (κ3) is 4.05. The quantitative estimate of drug-likeness (QED) is 0.846. The van der Waals surface area contributed by atoms with E-state index >= 15 is 0 Å². The van der Waals surface area contributed by atoms with Crippen LogP contribution in [0.5, 0.6) is 5.75 Å². The number of ether oxygens (including phenoxy) is 1. The first-order valence-corrected chi connectivity index (χ1v) is 7.41. The van der Waals surface area contributed by atoms with Crippen molar-refractivity contribution in [3.05, 3.63) is 41.5 Å². The number of hydrogen-bond donors (Lipinski definition) is 2. The zero-order valence-electron chi connectivity index (χ0n) is 13.4. The minimum absolute atomic E-state index is 0.00488. The lowest BCUT2D eigenvalue weighted by Gasteiger charge is -2.19. The highest BCUT2D eigenvalue weighted by molar-refractivity contribution is 5.31. The van der Waals surface area contributed by atoms with Gasteiger partial charge >= 0.3 is 0 Å². The van der Waals surface area contributed by atoms with Crippen LogP contribution in [-0.2, 0) is 25.1 Å². The molecule has 0 spiro atoms. The van der Waals surface area contributed by atoms with E-state index in [1.807, 2.05) is 12.1 Å². The molecule has 1 aromatic carbocycles. The summed E-state index contributed by atoms with van der Waals surface area (Å²) in [6.45, 7) is 7.48. The minimum atomic E-state index is 0.00488. The number of nitrogens with zero attached hydrogens (tertiary/aromatic N) is 3. The Hall–Kier alpha value is -1.92. The lowest BCUT2D eigenvalue weighted by Crippen LogP contribution is -2.11. The molecule has 2 rings (SSSR count). The van der Waals surface area contributed by atoms with Crippen molar-refractivity contribution >= 4 is 0 Å². The maximum Gasteiger partial charge on any atom is 0.188 e. The van der Waals surface area contributed by atoms with Gasteiger partial charge in [-0.05, 0) is 23.1 Å². The first-order valence-electron chi connectivity index (χ1n) is 7.41. The molecule has 0 saturated carbocycles. The molecule has 0 radical (unpaired) electrons. The van der Waals surface area contributed by atoms with Crippen molar-refractivity contribution in [2.45, 2.75) is 45.9 Å². The molecule has 0 unspecified atom stereocenters. The van der Waals surface area contributed by atoms with E-state index in [2.05, 4.69) is 43.0 Å². The van der Waals surface area contributed by atoms with Crippen LogP contribution in [-0.4, -0.2) is 26.5 Å². The van der Waals surface area contributed by atoms with Crippen LogP contribution in [0, 0.1) is 0 Å². The van der Waals surface area contributed by atoms with Crippen LogP contribution in [0.25, 0.3) is 0 Å². The summed E-state index contributed by atoms with van der Waals surface area (Å²) in [6.07, 6.45) is 0. The zero-order chi connectivity index (χ0) is 16.2. The fourth-order valence-electron chi connectivity index (χ4n) is 2.11. The van der Waals surface area contributed by atoms with Gasteiger partial charge in [0.1, 0.15) is 18.2 Å². The highest BCUT2D eigenvalue weighted by Gasteiger charge is 2.13. The molecule has 0 atom stereocenters. The molecular formula is C16H24N4O2. The van der Waals surface area contributed by atoms with E-state index < -0.39 is 0 Å². The Bertz CT molecular complexity index is 600. The molecule has 2 aromatic rings. The summed E-state index contributed by atoms with van der Waals surface area (Å²) in [5.74, 6) is 1.99. The summed E-state index contributed by atoms with van der Waals surface area (Å²) in [4.78, 5) is 4.31. The summed E-state index contributed by atoms with van der Waals surface area (Å²) < 4.78 is 7.32. The molecule has 0 aliphatic rings. The van der Waals surface area contributed by atoms with E-state index in [9.17, 15) is 0 Å². The molecule has 0 aliphatic heterocycles. The Morgan fingerprint density at radius 3 is 2.45 bits per heavy atom. The maximum atomic E-state index is 8.99. The van der Waals surface area contributed by atoms with E-state index in [0.717, 1.165) is 5.75 Å². The fraction of sp³-hybridized carbons (Fsp3) is 0.500. The van der Waals surface area contributed by atoms with E-state index in [4.69, 9.17) is 15.6 Å². The zero-order valence-corrected chi connectivity index (χ0v) is 13.4. The van der Waals surface area contributed by atoms with Gasteiger partial charge < -0.3 is 15.6 Å². The number of aliphatic hydroxyl groups is 1. The molecule has 0 saturated heterocycles. The Balaban J connectivity index is 2.01. The van der Waals surface area contributed by atoms with Crippen molar-refractivity contribution < 1.29 is 9.84 Å². The van der Waals surface area contributed by atoms with Gasteiger partial charge in [-0.2, -0.15) is 5.10 Å². The third-order valence-electron chi connectivity index (χ3n) is 3.37. The number of rotatable bonds is 6. The molecule has 22 heavy (non-hydrogen) atoms. The van der Waals surface area contributed by atoms with Gasteiger partial charge in [-0.1, -0.05) is 32.9 Å². The Morgan fingerprint density at radius 1 is 1.23 bits per heavy atom. The number of nitrogens with two attached hydrogens (primary N) is 1. The van der Waals surface area contributed by atoms with Crippen LogP contribution in [0.2, 0.25) is 0 Å². The second kappa shape index (κ2) is 6.89. The number of aliphatic hydroxyl groups excluding tert-OH is 1. The van der Waals surface area contributed by atoms with E-state index in [-0.39, 0.29) is 25.2 Å². The first-order chi connectivity index (χ1) is 10.4. The molecule has 0 amide bonds. The first kappa shape index (κ1) is 16.5. The highest BCUT2D eigenvalue weighted by Crippen LogP contribution is 2.24. The molecule has 6 heteroatoms. The Labute approximate surface area is 130 Å². The predicted molar refractivity (Wildman–Crippen MR) is 84.5 cm³/mol. The average molecular weight is 304 g/mol. The van der Waals surface area contributed by atoms with E-state index in [0.29, 0.717) is 18.2 Å². The van der Waals surface area contributed by atoms with Crippen LogP contribution >= 0.6 is 0 Å². The third-order valence-corrected chi connectivity index (χ3v) is 3.37. The van der Waals surface area contributed by atoms with Crippen molar-refractivity contribution in [2.24, 2.45) is 5.73 Å². The molecule has 0 bridgehead atoms. The van der Waals surface area contributed by atoms with Gasteiger partial charge in [-0.3, -0.25) is 0 Å². The highest BCUT2D eigenvalue weighted by atomic mass is 16.5. The SMILES string of the molecule is CC(C)(C)c1ccc(OCc2nc(CN)n(CCO)n2)cc1. The van der Waals surface area contributed by atoms with Crippen molar-refractivity contribution in [3.63, 3.8) is 0 Å². The Morgan fingerprint density at radius 2 is 1.91 bits per heavy atom. The van der Waals surface area contributed by atoms with Gasteiger partial charge in [0.15, 0.2) is 5.82 Å². The second-order valence-electron chi connectivity index (χ2n) is 6.16. The number of hydrogen-bond acceptors (Lipinski definition) is 5. The molecule has 0 aliphatic carbocycles. The molecule has 120 valence electrons. The van der Waals surface area contributed by atoms with E-state index in [1.165, 1.54) is 5.56 Å². The van der Waals surface area contributed by atoms with Crippen molar-refractivity contribution in [1.82, 2.24) is 14.8 Å². The summed E-state index contributed by atoms with van der Waals surface area (Å²) in [5, 5.41) is 13.3. The molecule has 6 nitrogen and oxygen atoms in total. The predicted octanol–water partition coefficient (Wildman–Crippen LogP) is 1.61. The summed E-state index contributed by atoms with van der Waals surface area (Å²) in [6, 6.07) is 8.04. The van der Waals surface area contributed by atoms with Gasteiger partial charge in [-0.25, -0.2) is 9.67 Å². The largest absolute Gasteiger partial charge is 0.486 e. The van der Waals surface area contributed by atoms with Crippen molar-refractivity contribution in [2.75, 3.05) is 6.61 Å². The second-order valence-corrected chi connectivity index (χ2v) is 6.16. The molecule has 1 aromatic heterocycles. The minimum Gasteiger partial charge on any atom is -0.486 e. The average Bonchev–Trinajstić information content (AvgIpc) is 2.87. The molecular weight excluding hydrogens is 280 g/mol. The fourth-order valence-corrected chi connectivity index (χ4v) is 2.11. The lowest BCUT2D eigenvalue weighted by atomic mass is 9.87. The monoisotopic (exact) mass is 304 g/mol. The van der Waals surface area contributed by atoms with Crippen molar-refractivity contribution in [3.8, 4) is 5.75 Å². The van der Waals surface area contributed by atoms with Gasteiger partial charge in [0.05, 0.1) is 19.7 Å². The van der Waals surface area contributed by atoms with Crippen molar-refractivity contribution in [1.29, 1.82) is 0 Å². The number of aromatic nitrogens is 3. The van der Waals surface area contributed by atoms with Crippen LogP contribution in [0.15, 0.2) is 24.3 Å². The standard InChI is InChI=1S/C16H24N4O2/c1-16(2,3)12-4-6-13(7-5-12)22-11-14-18-15(10-17)20(19-14)8-9-21/h4-7,21H,8-11,17H2,1-3H3. The normalized spacial score (nSPS) is 11.7. The van der Waals surface area contributed by atoms with Crippen LogP contribution in [0.3, 0.4) is 0 Å². The summed E-state index contributed by atoms with van der Waals surface area (Å²) in [5.41, 5.74) is 7.00. The Kier molecular flexibility index (Phi) is 5.15. The van der Waals surface area contributed by atoms with Gasteiger partial charge in [0.25, 0.3) is 0 Å². The lowest BCUT2D eigenvalue weighted by molar-refractivity contribution is 0.264. The van der Waals surface area contributed by atoms with Gasteiger partial charge in [0.2, 0.25) is 0 Å². The molecule has 3 N–H and O–H groups in total. The van der Waals surface area contributed by atoms with Crippen LogP contribution in [0.4, 0.5) is 0 Å². The summed E-state index contributed by atoms with van der Waals surface area (Å²) in [7, 11) is 0. The van der Waals surface area contributed by atoms with Crippen LogP contribution < -0.4 is 10.5 Å². The topological polar surface area (TPSA) is 86.2 Å². The van der Waals surface area contributed by atoms with E-state index in [1.54, 1.807) is 4.68 Å². The number of benzene rings is 1. The maximum absolute atomic E-state index is 8.99. The molecule has 0 fully saturated rings. The summed E-state index contributed by atoms with van der Waals surface area (Å²) >= 11 is 0. The van der Waals surface area contributed by atoms with Crippen LogP contribution in [0.1, 0.15) is 38.0 Å². The van der Waals surface area contributed by atoms with Gasteiger partial charge in [0, 0.05) is 0 Å².